The lowest BCUT2D eigenvalue weighted by Gasteiger charge is -2.07. The molecule has 4 rings (SSSR count). The fourth-order valence-corrected chi connectivity index (χ4v) is 3.65. The summed E-state index contributed by atoms with van der Waals surface area (Å²) >= 11 is 5.00. The Labute approximate surface area is 185 Å². The molecule has 1 aromatic carbocycles. The Bertz CT molecular complexity index is 1190. The Kier molecular flexibility index (Phi) is 6.24. The lowest BCUT2D eigenvalue weighted by Crippen LogP contribution is -2.21. The number of pyridine rings is 1. The molecule has 3 aromatic rings. The summed E-state index contributed by atoms with van der Waals surface area (Å²) in [7, 11) is 0. The second-order valence-corrected chi connectivity index (χ2v) is 7.57. The maximum Gasteiger partial charge on any atom is 0.273 e. The number of benzene rings is 1. The van der Waals surface area contributed by atoms with E-state index in [2.05, 4.69) is 26.3 Å². The summed E-state index contributed by atoms with van der Waals surface area (Å²) in [5, 5.41) is 15.6. The van der Waals surface area contributed by atoms with Crippen LogP contribution in [0.4, 0.5) is 0 Å². The molecular weight excluding hydrogens is 410 g/mol. The predicted molar refractivity (Wildman–Crippen MR) is 122 cm³/mol. The number of aryl methyl sites for hydroxylation is 1. The Balaban J connectivity index is 1.33. The number of hydrogen-bond donors (Lipinski definition) is 2. The third kappa shape index (κ3) is 4.90. The maximum absolute atomic E-state index is 12.0. The van der Waals surface area contributed by atoms with Crippen molar-refractivity contribution in [2.45, 2.75) is 25.8 Å². The van der Waals surface area contributed by atoms with E-state index in [1.807, 2.05) is 30.5 Å². The molecular formula is C23H21N5O2S. The van der Waals surface area contributed by atoms with Crippen molar-refractivity contribution in [3.05, 3.63) is 65.6 Å². The van der Waals surface area contributed by atoms with Gasteiger partial charge in [0.1, 0.15) is 17.1 Å². The van der Waals surface area contributed by atoms with Crippen LogP contribution in [0.25, 0.3) is 17.1 Å². The Hall–Kier alpha value is -3.70. The molecule has 1 fully saturated rings. The molecule has 0 saturated carbocycles. The highest BCUT2D eigenvalue weighted by molar-refractivity contribution is 7.80. The predicted octanol–water partition coefficient (Wildman–Crippen LogP) is 3.50. The van der Waals surface area contributed by atoms with Crippen molar-refractivity contribution in [3.63, 3.8) is 0 Å². The molecule has 1 saturated heterocycles. The summed E-state index contributed by atoms with van der Waals surface area (Å²) in [6, 6.07) is 13.1. The van der Waals surface area contributed by atoms with Crippen molar-refractivity contribution in [1.82, 2.24) is 20.2 Å². The molecule has 1 aliphatic rings. The molecule has 0 spiro atoms. The molecule has 3 heterocycles. The summed E-state index contributed by atoms with van der Waals surface area (Å²) in [5.41, 5.74) is 2.88. The van der Waals surface area contributed by atoms with Crippen LogP contribution in [0.3, 0.4) is 0 Å². The molecule has 0 unspecified atom stereocenters. The van der Waals surface area contributed by atoms with Gasteiger partial charge in [-0.2, -0.15) is 5.26 Å². The van der Waals surface area contributed by atoms with E-state index in [0.29, 0.717) is 23.0 Å². The number of nitrogens with zero attached hydrogens (tertiary/aromatic N) is 3. The van der Waals surface area contributed by atoms with Gasteiger partial charge >= 0.3 is 0 Å². The van der Waals surface area contributed by atoms with Gasteiger partial charge in [-0.15, -0.1) is 0 Å². The van der Waals surface area contributed by atoms with E-state index < -0.39 is 0 Å². The number of thiocarbonyl (C=S) groups is 1. The van der Waals surface area contributed by atoms with Crippen molar-refractivity contribution in [2.75, 3.05) is 6.61 Å². The standard InChI is InChI=1S/C23H21N5O2S/c24-14-16-6-8-18(9-7-16)30-12-3-1-2-11-28-15-17(19-5-4-10-25-21(19)28)13-20-22(29)27-23(31)26-20/h4-10,13,15H,1-3,11-12H2,(H2,26,27,29,31)/b20-13-. The van der Waals surface area contributed by atoms with Gasteiger partial charge in [-0.05, 0) is 74.0 Å². The molecule has 31 heavy (non-hydrogen) atoms. The first-order chi connectivity index (χ1) is 15.1. The lowest BCUT2D eigenvalue weighted by atomic mass is 10.2. The first-order valence-electron chi connectivity index (χ1n) is 10.0. The molecule has 0 atom stereocenters. The summed E-state index contributed by atoms with van der Waals surface area (Å²) < 4.78 is 7.85. The van der Waals surface area contributed by atoms with Gasteiger partial charge in [-0.25, -0.2) is 4.98 Å². The molecule has 2 aromatic heterocycles. The minimum Gasteiger partial charge on any atom is -0.494 e. The van der Waals surface area contributed by atoms with E-state index in [0.717, 1.165) is 48.2 Å². The van der Waals surface area contributed by atoms with E-state index in [1.54, 1.807) is 24.4 Å². The summed E-state index contributed by atoms with van der Waals surface area (Å²) in [5.74, 6) is 0.554. The zero-order chi connectivity index (χ0) is 21.6. The monoisotopic (exact) mass is 431 g/mol. The zero-order valence-corrected chi connectivity index (χ0v) is 17.6. The average Bonchev–Trinajstić information content (AvgIpc) is 3.30. The first-order valence-corrected chi connectivity index (χ1v) is 10.5. The van der Waals surface area contributed by atoms with Crippen molar-refractivity contribution >= 4 is 40.3 Å². The highest BCUT2D eigenvalue weighted by Gasteiger charge is 2.21. The number of rotatable bonds is 8. The number of carbonyl (C=O) groups is 1. The highest BCUT2D eigenvalue weighted by Crippen LogP contribution is 2.23. The SMILES string of the molecule is N#Cc1ccc(OCCCCCn2cc(/C=C3\NC(=S)NC3=O)c3cccnc32)cc1. The van der Waals surface area contributed by atoms with Gasteiger partial charge in [0.05, 0.1) is 18.2 Å². The molecule has 2 N–H and O–H groups in total. The van der Waals surface area contributed by atoms with Crippen LogP contribution in [-0.2, 0) is 11.3 Å². The molecule has 0 bridgehead atoms. The molecule has 0 radical (unpaired) electrons. The van der Waals surface area contributed by atoms with Crippen molar-refractivity contribution in [2.24, 2.45) is 0 Å². The Morgan fingerprint density at radius 1 is 1.16 bits per heavy atom. The molecule has 1 aliphatic heterocycles. The van der Waals surface area contributed by atoms with E-state index in [4.69, 9.17) is 22.2 Å². The number of ether oxygens (including phenoxy) is 1. The quantitative estimate of drug-likeness (QED) is 0.322. The second-order valence-electron chi connectivity index (χ2n) is 7.16. The smallest absolute Gasteiger partial charge is 0.273 e. The number of aromatic nitrogens is 2. The topological polar surface area (TPSA) is 92.0 Å². The molecule has 0 aliphatic carbocycles. The van der Waals surface area contributed by atoms with Gasteiger partial charge in [0.2, 0.25) is 0 Å². The average molecular weight is 432 g/mol. The number of nitrogens with one attached hydrogen (secondary N) is 2. The van der Waals surface area contributed by atoms with Crippen LogP contribution in [0, 0.1) is 11.3 Å². The zero-order valence-electron chi connectivity index (χ0n) is 16.8. The Morgan fingerprint density at radius 3 is 2.74 bits per heavy atom. The van der Waals surface area contributed by atoms with Gasteiger partial charge < -0.3 is 14.6 Å². The van der Waals surface area contributed by atoms with Gasteiger partial charge in [0.25, 0.3) is 5.91 Å². The van der Waals surface area contributed by atoms with Crippen LogP contribution in [0.5, 0.6) is 5.75 Å². The summed E-state index contributed by atoms with van der Waals surface area (Å²) in [6.07, 6.45) is 8.53. The molecule has 8 heteroatoms. The third-order valence-electron chi connectivity index (χ3n) is 4.98. The van der Waals surface area contributed by atoms with Gasteiger partial charge in [-0.1, -0.05) is 0 Å². The van der Waals surface area contributed by atoms with Crippen LogP contribution in [0.2, 0.25) is 0 Å². The van der Waals surface area contributed by atoms with E-state index in [1.165, 1.54) is 0 Å². The fourth-order valence-electron chi connectivity index (χ4n) is 3.45. The highest BCUT2D eigenvalue weighted by atomic mass is 32.1. The number of nitriles is 1. The third-order valence-corrected chi connectivity index (χ3v) is 5.18. The van der Waals surface area contributed by atoms with Crippen molar-refractivity contribution < 1.29 is 9.53 Å². The van der Waals surface area contributed by atoms with Crippen LogP contribution in [-0.4, -0.2) is 27.2 Å². The maximum atomic E-state index is 12.0. The van der Waals surface area contributed by atoms with E-state index in [-0.39, 0.29) is 5.91 Å². The number of unbranched alkanes of at least 4 members (excludes halogenated alkanes) is 2. The molecule has 7 nitrogen and oxygen atoms in total. The number of carbonyl (C=O) groups excluding carboxylic acids is 1. The van der Waals surface area contributed by atoms with Crippen LogP contribution >= 0.6 is 12.2 Å². The van der Waals surface area contributed by atoms with Gasteiger partial charge in [0.15, 0.2) is 5.11 Å². The van der Waals surface area contributed by atoms with Gasteiger partial charge in [-0.3, -0.25) is 10.1 Å². The van der Waals surface area contributed by atoms with Crippen LogP contribution in [0.1, 0.15) is 30.4 Å². The second kappa shape index (κ2) is 9.41. The van der Waals surface area contributed by atoms with Crippen LogP contribution in [0.15, 0.2) is 54.5 Å². The minimum absolute atomic E-state index is 0.225. The summed E-state index contributed by atoms with van der Waals surface area (Å²) in [4.78, 5) is 16.5. The lowest BCUT2D eigenvalue weighted by molar-refractivity contribution is -0.115. The van der Waals surface area contributed by atoms with Crippen molar-refractivity contribution in [3.8, 4) is 11.8 Å². The largest absolute Gasteiger partial charge is 0.494 e. The number of hydrogen-bond acceptors (Lipinski definition) is 5. The number of fused-ring (bicyclic) bond motifs is 1. The number of amides is 1. The summed E-state index contributed by atoms with van der Waals surface area (Å²) in [6.45, 7) is 1.46. The fraction of sp³-hybridized carbons (Fsp3) is 0.217. The van der Waals surface area contributed by atoms with Gasteiger partial charge in [0, 0.05) is 29.9 Å². The Morgan fingerprint density at radius 2 is 2.00 bits per heavy atom. The van der Waals surface area contributed by atoms with E-state index in [9.17, 15) is 4.79 Å². The molecule has 1 amide bonds. The molecule has 156 valence electrons. The normalized spacial score (nSPS) is 14.5. The van der Waals surface area contributed by atoms with Crippen LogP contribution < -0.4 is 15.4 Å². The van der Waals surface area contributed by atoms with Crippen molar-refractivity contribution in [1.29, 1.82) is 5.26 Å². The first kappa shape index (κ1) is 20.6. The van der Waals surface area contributed by atoms with E-state index >= 15 is 0 Å². The minimum atomic E-state index is -0.225.